The lowest BCUT2D eigenvalue weighted by atomic mass is 10.0. The molecule has 12 nitrogen and oxygen atoms in total. The van der Waals surface area contributed by atoms with Crippen molar-refractivity contribution in [3.05, 3.63) is 90.0 Å². The number of imidazole rings is 1. The fourth-order valence-corrected chi connectivity index (χ4v) is 3.97. The molecule has 0 aliphatic carbocycles. The largest absolute Gasteiger partial charge is 0.480 e. The number of aliphatic hydroxyl groups is 1. The molecule has 212 valence electrons. The van der Waals surface area contributed by atoms with Gasteiger partial charge in [-0.3, -0.25) is 14.4 Å². The van der Waals surface area contributed by atoms with Crippen LogP contribution in [0, 0.1) is 0 Å². The number of amides is 3. The number of hydrogen-bond acceptors (Lipinski definition) is 7. The van der Waals surface area contributed by atoms with Gasteiger partial charge < -0.3 is 36.9 Å². The number of carbonyl (C=O) groups excluding carboxylic acids is 3. The maximum atomic E-state index is 13.5. The van der Waals surface area contributed by atoms with Crippen molar-refractivity contribution in [2.75, 3.05) is 0 Å². The van der Waals surface area contributed by atoms with Crippen LogP contribution in [0.4, 0.5) is 0 Å². The average molecular weight is 551 g/mol. The molecule has 0 radical (unpaired) electrons. The molecule has 0 fully saturated rings. The molecule has 3 rings (SSSR count). The van der Waals surface area contributed by atoms with Crippen LogP contribution in [0.3, 0.4) is 0 Å². The maximum absolute atomic E-state index is 13.5. The number of carboxylic acids is 1. The molecule has 0 spiro atoms. The van der Waals surface area contributed by atoms with Crippen LogP contribution in [0.1, 0.15) is 23.7 Å². The Hall–Kier alpha value is -4.55. The quantitative estimate of drug-likeness (QED) is 0.142. The van der Waals surface area contributed by atoms with E-state index >= 15 is 0 Å². The molecular formula is C28H34N6O6. The number of aromatic nitrogens is 2. The van der Waals surface area contributed by atoms with Crippen molar-refractivity contribution in [2.45, 2.75) is 56.5 Å². The van der Waals surface area contributed by atoms with Crippen LogP contribution in [0.5, 0.6) is 0 Å². The Bertz CT molecular complexity index is 1250. The average Bonchev–Trinajstić information content (AvgIpc) is 3.45. The number of nitrogens with one attached hydrogen (secondary N) is 4. The molecule has 0 aliphatic heterocycles. The van der Waals surface area contributed by atoms with Crippen molar-refractivity contribution < 1.29 is 29.4 Å². The highest BCUT2D eigenvalue weighted by Crippen LogP contribution is 2.09. The highest BCUT2D eigenvalue weighted by atomic mass is 16.4. The van der Waals surface area contributed by atoms with Crippen LogP contribution in [0.15, 0.2) is 73.2 Å². The van der Waals surface area contributed by atoms with Gasteiger partial charge in [0.15, 0.2) is 0 Å². The van der Waals surface area contributed by atoms with E-state index in [0.717, 1.165) is 11.1 Å². The first kappa shape index (κ1) is 30.0. The summed E-state index contributed by atoms with van der Waals surface area (Å²) in [6.07, 6.45) is 1.81. The van der Waals surface area contributed by atoms with Gasteiger partial charge in [0.05, 0.1) is 12.4 Å². The van der Waals surface area contributed by atoms with Crippen LogP contribution in [-0.2, 0) is 38.4 Å². The minimum atomic E-state index is -1.29. The third-order valence-electron chi connectivity index (χ3n) is 6.25. The Morgan fingerprint density at radius 2 is 1.27 bits per heavy atom. The monoisotopic (exact) mass is 550 g/mol. The first-order valence-electron chi connectivity index (χ1n) is 12.8. The van der Waals surface area contributed by atoms with E-state index < -0.39 is 54.0 Å². The second-order valence-electron chi connectivity index (χ2n) is 9.45. The number of nitrogens with two attached hydrogens (primary N) is 1. The van der Waals surface area contributed by atoms with Gasteiger partial charge in [0.1, 0.15) is 24.2 Å². The minimum Gasteiger partial charge on any atom is -0.480 e. The molecular weight excluding hydrogens is 516 g/mol. The van der Waals surface area contributed by atoms with Gasteiger partial charge in [-0.15, -0.1) is 0 Å². The van der Waals surface area contributed by atoms with E-state index in [4.69, 9.17) is 5.73 Å². The third kappa shape index (κ3) is 9.03. The van der Waals surface area contributed by atoms with Gasteiger partial charge in [-0.25, -0.2) is 9.78 Å². The molecule has 3 amide bonds. The number of aliphatic hydroxyl groups excluding tert-OH is 1. The van der Waals surface area contributed by atoms with Crippen LogP contribution < -0.4 is 21.7 Å². The highest BCUT2D eigenvalue weighted by molar-refractivity contribution is 5.94. The van der Waals surface area contributed by atoms with Crippen LogP contribution in [0.25, 0.3) is 0 Å². The molecule has 2 aromatic carbocycles. The predicted octanol–water partition coefficient (Wildman–Crippen LogP) is -0.315. The molecule has 0 bridgehead atoms. The van der Waals surface area contributed by atoms with Crippen LogP contribution >= 0.6 is 0 Å². The van der Waals surface area contributed by atoms with Crippen molar-refractivity contribution in [2.24, 2.45) is 5.73 Å². The van der Waals surface area contributed by atoms with Gasteiger partial charge in [-0.1, -0.05) is 60.7 Å². The summed E-state index contributed by atoms with van der Waals surface area (Å²) in [5.74, 6) is -3.38. The standard InChI is InChI=1S/C28H34N6O6/c1-17(35)24(29)27(38)33-22(13-19-10-6-3-7-11-19)25(36)32-21(12-18-8-4-2-5-9-18)26(37)34-23(28(39)40)14-20-15-30-16-31-20/h2-11,15-17,21-24,35H,12-14,29H2,1H3,(H,30,31)(H,32,36)(H,33,38)(H,34,37)(H,39,40)/t17-,21+,22+,23+,24+/m1/s1. The maximum Gasteiger partial charge on any atom is 0.326 e. The van der Waals surface area contributed by atoms with Crippen molar-refractivity contribution in [3.8, 4) is 0 Å². The van der Waals surface area contributed by atoms with Crippen LogP contribution in [-0.4, -0.2) is 74.1 Å². The fourth-order valence-electron chi connectivity index (χ4n) is 3.97. The lowest BCUT2D eigenvalue weighted by Crippen LogP contribution is -2.59. The predicted molar refractivity (Wildman–Crippen MR) is 146 cm³/mol. The van der Waals surface area contributed by atoms with Crippen LogP contribution in [0.2, 0.25) is 0 Å². The number of nitrogens with zero attached hydrogens (tertiary/aromatic N) is 1. The normalized spacial score (nSPS) is 14.7. The topological polar surface area (TPSA) is 200 Å². The molecule has 5 atom stereocenters. The number of carbonyl (C=O) groups is 4. The summed E-state index contributed by atoms with van der Waals surface area (Å²) in [5.41, 5.74) is 7.75. The number of benzene rings is 2. The van der Waals surface area contributed by atoms with E-state index in [1.807, 2.05) is 6.07 Å². The number of rotatable bonds is 14. The molecule has 8 N–H and O–H groups in total. The molecule has 1 heterocycles. The molecule has 40 heavy (non-hydrogen) atoms. The first-order chi connectivity index (χ1) is 19.1. The smallest absolute Gasteiger partial charge is 0.326 e. The molecule has 3 aromatic rings. The molecule has 0 unspecified atom stereocenters. The van der Waals surface area contributed by atoms with Crippen molar-refractivity contribution in [1.29, 1.82) is 0 Å². The summed E-state index contributed by atoms with van der Waals surface area (Å²) in [6, 6.07) is 13.0. The summed E-state index contributed by atoms with van der Waals surface area (Å²) >= 11 is 0. The molecule has 12 heteroatoms. The Balaban J connectivity index is 1.83. The number of H-pyrrole nitrogens is 1. The van der Waals surface area contributed by atoms with Gasteiger partial charge in [0, 0.05) is 31.2 Å². The van der Waals surface area contributed by atoms with E-state index in [-0.39, 0.29) is 19.3 Å². The second-order valence-corrected chi connectivity index (χ2v) is 9.45. The molecule has 1 aromatic heterocycles. The summed E-state index contributed by atoms with van der Waals surface area (Å²) in [7, 11) is 0. The number of aliphatic carboxylic acids is 1. The lowest BCUT2D eigenvalue weighted by molar-refractivity contribution is -0.142. The zero-order chi connectivity index (χ0) is 29.1. The first-order valence-corrected chi connectivity index (χ1v) is 12.8. The summed E-state index contributed by atoms with van der Waals surface area (Å²) in [5, 5.41) is 27.2. The van der Waals surface area contributed by atoms with Gasteiger partial charge in [0.2, 0.25) is 17.7 Å². The van der Waals surface area contributed by atoms with E-state index in [0.29, 0.717) is 5.69 Å². The highest BCUT2D eigenvalue weighted by Gasteiger charge is 2.31. The van der Waals surface area contributed by atoms with E-state index in [1.165, 1.54) is 19.4 Å². The van der Waals surface area contributed by atoms with Crippen molar-refractivity contribution >= 4 is 23.7 Å². The minimum absolute atomic E-state index is 0.0446. The van der Waals surface area contributed by atoms with E-state index in [1.54, 1.807) is 54.6 Å². The zero-order valence-corrected chi connectivity index (χ0v) is 22.0. The third-order valence-corrected chi connectivity index (χ3v) is 6.25. The molecule has 0 aliphatic rings. The Labute approximate surface area is 231 Å². The van der Waals surface area contributed by atoms with E-state index in [9.17, 15) is 29.4 Å². The second kappa shape index (κ2) is 14.6. The fraction of sp³-hybridized carbons (Fsp3) is 0.321. The Kier molecular flexibility index (Phi) is 10.9. The number of carboxylic acid groups (broad SMARTS) is 1. The molecule has 0 saturated heterocycles. The van der Waals surface area contributed by atoms with Gasteiger partial charge >= 0.3 is 5.97 Å². The summed E-state index contributed by atoms with van der Waals surface area (Å²) in [6.45, 7) is 1.36. The summed E-state index contributed by atoms with van der Waals surface area (Å²) < 4.78 is 0. The van der Waals surface area contributed by atoms with E-state index in [2.05, 4.69) is 25.9 Å². The Morgan fingerprint density at radius 1 is 0.800 bits per heavy atom. The lowest BCUT2D eigenvalue weighted by Gasteiger charge is -2.26. The van der Waals surface area contributed by atoms with Gasteiger partial charge in [0.25, 0.3) is 0 Å². The number of aromatic amines is 1. The SMILES string of the molecule is C[C@@H](O)[C@H](N)C(=O)N[C@@H](Cc1ccccc1)C(=O)N[C@@H](Cc1ccccc1)C(=O)N[C@@H](Cc1cnc[nH]1)C(=O)O. The van der Waals surface area contributed by atoms with Gasteiger partial charge in [-0.2, -0.15) is 0 Å². The van der Waals surface area contributed by atoms with Gasteiger partial charge in [-0.05, 0) is 18.1 Å². The van der Waals surface area contributed by atoms with Crippen molar-refractivity contribution in [1.82, 2.24) is 25.9 Å². The number of hydrogen-bond donors (Lipinski definition) is 7. The Morgan fingerprint density at radius 3 is 1.70 bits per heavy atom. The summed E-state index contributed by atoms with van der Waals surface area (Å²) in [4.78, 5) is 58.1. The zero-order valence-electron chi connectivity index (χ0n) is 22.0. The van der Waals surface area contributed by atoms with Crippen molar-refractivity contribution in [3.63, 3.8) is 0 Å². The molecule has 0 saturated carbocycles.